The van der Waals surface area contributed by atoms with Gasteiger partial charge in [-0.25, -0.2) is 9.59 Å². The minimum atomic E-state index is -0.990. The first kappa shape index (κ1) is 33.6. The maximum atomic E-state index is 14.2. The Hall–Kier alpha value is -3.87. The van der Waals surface area contributed by atoms with E-state index in [0.717, 1.165) is 79.6 Å². The first-order valence-corrected chi connectivity index (χ1v) is 18.1. The summed E-state index contributed by atoms with van der Waals surface area (Å²) < 4.78 is 6.12. The molecule has 4 aliphatic heterocycles. The number of rotatable bonds is 6. The second-order valence-electron chi connectivity index (χ2n) is 14.0. The van der Waals surface area contributed by atoms with Crippen molar-refractivity contribution < 1.29 is 19.1 Å². The third-order valence-electron chi connectivity index (χ3n) is 10.9. The number of amides is 4. The fraction of sp³-hybridized carbons (Fsp3) is 0.556. The molecule has 3 saturated heterocycles. The Balaban J connectivity index is 1.01. The molecule has 4 aliphatic rings. The van der Waals surface area contributed by atoms with Crippen LogP contribution >= 0.6 is 11.6 Å². The number of urea groups is 1. The van der Waals surface area contributed by atoms with Crippen LogP contribution in [-0.2, 0) is 22.4 Å². The fourth-order valence-corrected chi connectivity index (χ4v) is 8.26. The first-order chi connectivity index (χ1) is 23.8. The molecule has 3 fully saturated rings. The van der Waals surface area contributed by atoms with Gasteiger partial charge in [0.05, 0.1) is 16.7 Å². The van der Waals surface area contributed by atoms with Gasteiger partial charge in [0, 0.05) is 75.4 Å². The van der Waals surface area contributed by atoms with Crippen molar-refractivity contribution in [3.05, 3.63) is 58.7 Å². The number of hydrogen-bond donors (Lipinski definition) is 2. The van der Waals surface area contributed by atoms with E-state index >= 15 is 0 Å². The number of para-hydroxylation sites is 1. The zero-order chi connectivity index (χ0) is 33.9. The molecule has 0 bridgehead atoms. The Morgan fingerprint density at radius 2 is 1.71 bits per heavy atom. The number of likely N-dealkylation sites (tertiary alicyclic amines) is 2. The van der Waals surface area contributed by atoms with Crippen LogP contribution in [0.3, 0.4) is 0 Å². The van der Waals surface area contributed by atoms with Crippen molar-refractivity contribution in [3.8, 4) is 0 Å². The highest BCUT2D eigenvalue weighted by Gasteiger charge is 2.36. The Morgan fingerprint density at radius 3 is 2.53 bits per heavy atom. The number of ether oxygens (including phenoxy) is 1. The summed E-state index contributed by atoms with van der Waals surface area (Å²) in [5.41, 5.74) is 3.53. The van der Waals surface area contributed by atoms with Crippen LogP contribution in [-0.4, -0.2) is 137 Å². The molecule has 7 rings (SSSR count). The third kappa shape index (κ3) is 7.66. The van der Waals surface area contributed by atoms with Crippen molar-refractivity contribution in [2.75, 3.05) is 71.3 Å². The molecular weight excluding hydrogens is 644 g/mol. The molecule has 1 aromatic heterocycles. The Morgan fingerprint density at radius 1 is 0.939 bits per heavy atom. The lowest BCUT2D eigenvalue weighted by Gasteiger charge is -2.38. The van der Waals surface area contributed by atoms with E-state index in [1.807, 2.05) is 46.2 Å². The minimum absolute atomic E-state index is 0.0178. The summed E-state index contributed by atoms with van der Waals surface area (Å²) in [4.78, 5) is 51.4. The van der Waals surface area contributed by atoms with Crippen molar-refractivity contribution in [3.63, 3.8) is 0 Å². The molecule has 4 amide bonds. The molecule has 0 unspecified atom stereocenters. The van der Waals surface area contributed by atoms with Crippen LogP contribution in [0.5, 0.6) is 0 Å². The number of nitrogens with one attached hydrogen (secondary N) is 2. The molecule has 3 aromatic rings. The molecule has 13 heteroatoms. The van der Waals surface area contributed by atoms with Gasteiger partial charge in [0.15, 0.2) is 6.10 Å². The predicted molar refractivity (Wildman–Crippen MR) is 189 cm³/mol. The highest BCUT2D eigenvalue weighted by atomic mass is 35.5. The molecule has 0 spiro atoms. The van der Waals surface area contributed by atoms with Gasteiger partial charge in [-0.15, -0.1) is 0 Å². The molecule has 1 atom stereocenters. The van der Waals surface area contributed by atoms with Gasteiger partial charge in [0.25, 0.3) is 5.91 Å². The van der Waals surface area contributed by atoms with Gasteiger partial charge in [0.2, 0.25) is 0 Å². The van der Waals surface area contributed by atoms with E-state index in [4.69, 9.17) is 16.3 Å². The highest BCUT2D eigenvalue weighted by molar-refractivity contribution is 6.35. The molecule has 2 N–H and O–H groups in total. The topological polar surface area (TPSA) is 117 Å². The normalized spacial score (nSPS) is 21.2. The quantitative estimate of drug-likeness (QED) is 0.393. The van der Waals surface area contributed by atoms with Gasteiger partial charge in [-0.3, -0.25) is 14.8 Å². The zero-order valence-corrected chi connectivity index (χ0v) is 29.0. The molecule has 49 heavy (non-hydrogen) atoms. The van der Waals surface area contributed by atoms with Gasteiger partial charge in [0.1, 0.15) is 0 Å². The van der Waals surface area contributed by atoms with Crippen LogP contribution in [0, 0.1) is 0 Å². The third-order valence-corrected chi connectivity index (χ3v) is 11.2. The summed E-state index contributed by atoms with van der Waals surface area (Å²) >= 11 is 6.56. The number of aromatic amines is 1. The number of carbonyl (C=O) groups is 3. The van der Waals surface area contributed by atoms with Crippen molar-refractivity contribution in [2.45, 2.75) is 63.1 Å². The van der Waals surface area contributed by atoms with Gasteiger partial charge in [-0.1, -0.05) is 29.8 Å². The van der Waals surface area contributed by atoms with Gasteiger partial charge in [-0.05, 0) is 88.0 Å². The number of hydrogen-bond acceptors (Lipinski definition) is 7. The molecule has 12 nitrogen and oxygen atoms in total. The van der Waals surface area contributed by atoms with Gasteiger partial charge >= 0.3 is 12.1 Å². The van der Waals surface area contributed by atoms with E-state index in [1.54, 1.807) is 11.1 Å². The van der Waals surface area contributed by atoms with Crippen molar-refractivity contribution >= 4 is 46.2 Å². The number of halogens is 1. The molecule has 0 saturated carbocycles. The van der Waals surface area contributed by atoms with Gasteiger partial charge in [-0.2, -0.15) is 5.10 Å². The summed E-state index contributed by atoms with van der Waals surface area (Å²) in [5.74, 6) is -0.169. The number of nitrogens with zero attached hydrogens (tertiary/aromatic N) is 6. The maximum Gasteiger partial charge on any atom is 0.410 e. The average Bonchev–Trinajstić information content (AvgIpc) is 3.35. The smallest absolute Gasteiger partial charge is 0.410 e. The Bertz CT molecular complexity index is 1650. The summed E-state index contributed by atoms with van der Waals surface area (Å²) in [5, 5.41) is 11.4. The van der Waals surface area contributed by atoms with Crippen LogP contribution in [0.2, 0.25) is 5.02 Å². The van der Waals surface area contributed by atoms with Crippen molar-refractivity contribution in [1.82, 2.24) is 34.7 Å². The van der Waals surface area contributed by atoms with E-state index in [0.29, 0.717) is 56.6 Å². The summed E-state index contributed by atoms with van der Waals surface area (Å²) in [6, 6.07) is 12.1. The predicted octanol–water partition coefficient (Wildman–Crippen LogP) is 4.45. The minimum Gasteiger partial charge on any atom is -0.436 e. The van der Waals surface area contributed by atoms with Crippen molar-refractivity contribution in [1.29, 1.82) is 0 Å². The van der Waals surface area contributed by atoms with E-state index in [9.17, 15) is 14.4 Å². The van der Waals surface area contributed by atoms with Crippen LogP contribution < -0.4 is 5.32 Å². The monoisotopic (exact) mass is 690 g/mol. The molecular formula is C36H47ClN8O4. The lowest BCUT2D eigenvalue weighted by atomic mass is 10.0. The molecule has 5 heterocycles. The number of H-pyrrole nitrogens is 1. The summed E-state index contributed by atoms with van der Waals surface area (Å²) in [7, 11) is 2.17. The second kappa shape index (κ2) is 14.9. The van der Waals surface area contributed by atoms with Crippen LogP contribution in [0.15, 0.2) is 42.6 Å². The van der Waals surface area contributed by atoms with Crippen LogP contribution in [0.25, 0.3) is 10.9 Å². The number of piperidine rings is 2. The molecule has 2 aromatic carbocycles. The average molecular weight is 691 g/mol. The SMILES string of the molecule is CN1CCC(N2CCCN(C(=O)[C@@H](Cc3cc(Cl)c4[nH]ncc4c3)OC(=O)N3CCC(N4CCc5ccccc5NC4=O)CC3)CC2)CC1. The number of benzene rings is 2. The maximum absolute atomic E-state index is 14.2. The number of carbonyl (C=O) groups excluding carboxylic acids is 3. The lowest BCUT2D eigenvalue weighted by molar-refractivity contribution is -0.140. The lowest BCUT2D eigenvalue weighted by Crippen LogP contribution is -2.51. The fourth-order valence-electron chi connectivity index (χ4n) is 7.96. The van der Waals surface area contributed by atoms with E-state index in [1.165, 1.54) is 0 Å². The largest absolute Gasteiger partial charge is 0.436 e. The zero-order valence-electron chi connectivity index (χ0n) is 28.3. The summed E-state index contributed by atoms with van der Waals surface area (Å²) in [6.07, 6.45) is 5.67. The van der Waals surface area contributed by atoms with Crippen LogP contribution in [0.4, 0.5) is 15.3 Å². The number of aromatic nitrogens is 2. The van der Waals surface area contributed by atoms with E-state index in [-0.39, 0.29) is 24.4 Å². The Labute approximate surface area is 292 Å². The number of anilines is 1. The van der Waals surface area contributed by atoms with Gasteiger partial charge < -0.3 is 29.7 Å². The van der Waals surface area contributed by atoms with E-state index < -0.39 is 12.2 Å². The standard InChI is InChI=1S/C36H47ClN8O4/c1-41-14-8-28(9-15-41)42-12-4-13-43(20-19-42)34(46)32(23-25-21-27-24-38-40-33(27)30(37)22-25)49-36(48)44-16-10-29(11-17-44)45-18-7-26-5-2-3-6-31(26)39-35(45)47/h2-3,5-6,21-22,24,28-29,32H,4,7-20,23H2,1H3,(H,38,40)(H,39,47)/t32-/m1/s1. The molecule has 262 valence electrons. The Kier molecular flexibility index (Phi) is 10.2. The molecule has 0 aliphatic carbocycles. The van der Waals surface area contributed by atoms with E-state index in [2.05, 4.69) is 32.4 Å². The second-order valence-corrected chi connectivity index (χ2v) is 14.4. The summed E-state index contributed by atoms with van der Waals surface area (Å²) in [6.45, 7) is 6.74. The first-order valence-electron chi connectivity index (χ1n) is 17.8. The highest BCUT2D eigenvalue weighted by Crippen LogP contribution is 2.27. The van der Waals surface area contributed by atoms with Crippen LogP contribution in [0.1, 0.15) is 43.2 Å². The van der Waals surface area contributed by atoms with Crippen molar-refractivity contribution in [2.24, 2.45) is 0 Å². The molecule has 0 radical (unpaired) electrons. The number of fused-ring (bicyclic) bond motifs is 2.